The number of aromatic nitrogens is 2. The quantitative estimate of drug-likeness (QED) is 0.427. The van der Waals surface area contributed by atoms with E-state index in [1.807, 2.05) is 24.5 Å². The summed E-state index contributed by atoms with van der Waals surface area (Å²) in [5, 5.41) is 15.0. The highest BCUT2D eigenvalue weighted by Crippen LogP contribution is 2.23. The van der Waals surface area contributed by atoms with Crippen molar-refractivity contribution in [2.24, 2.45) is 5.10 Å². The van der Waals surface area contributed by atoms with E-state index < -0.39 is 4.92 Å². The molecule has 0 unspecified atom stereocenters. The molecule has 2 aromatic heterocycles. The van der Waals surface area contributed by atoms with Crippen LogP contribution in [0, 0.1) is 24.0 Å². The maximum Gasteiger partial charge on any atom is 0.272 e. The lowest BCUT2D eigenvalue weighted by atomic mass is 10.2. The number of amides is 1. The van der Waals surface area contributed by atoms with Gasteiger partial charge in [0.05, 0.1) is 22.4 Å². The molecule has 0 radical (unpaired) electrons. The Bertz CT molecular complexity index is 1030. The number of pyridine rings is 1. The second-order valence-corrected chi connectivity index (χ2v) is 5.88. The second kappa shape index (κ2) is 7.61. The summed E-state index contributed by atoms with van der Waals surface area (Å²) in [7, 11) is 0. The van der Waals surface area contributed by atoms with Gasteiger partial charge in [0, 0.05) is 41.5 Å². The number of hydrogen-bond acceptors (Lipinski definition) is 5. The summed E-state index contributed by atoms with van der Waals surface area (Å²) >= 11 is 0. The Morgan fingerprint density at radius 2 is 2.07 bits per heavy atom. The number of benzene rings is 1. The van der Waals surface area contributed by atoms with Crippen LogP contribution in [0.5, 0.6) is 0 Å². The van der Waals surface area contributed by atoms with E-state index in [1.54, 1.807) is 36.7 Å². The van der Waals surface area contributed by atoms with Crippen LogP contribution in [-0.2, 0) is 0 Å². The van der Waals surface area contributed by atoms with Crippen LogP contribution >= 0.6 is 0 Å². The standard InChI is InChI=1S/C19H17N5O3/c1-13-9-16(12-21-22-19(25)15-5-4-8-20-11-15)14(2)23(13)17-6-3-7-18(10-17)24(26)27/h3-12H,1-2H3,(H,22,25)/b21-12-. The molecule has 0 aliphatic carbocycles. The summed E-state index contributed by atoms with van der Waals surface area (Å²) in [4.78, 5) is 26.5. The van der Waals surface area contributed by atoms with Gasteiger partial charge >= 0.3 is 0 Å². The lowest BCUT2D eigenvalue weighted by molar-refractivity contribution is -0.384. The zero-order chi connectivity index (χ0) is 19.4. The largest absolute Gasteiger partial charge is 0.318 e. The maximum absolute atomic E-state index is 12.0. The number of nitrogens with zero attached hydrogens (tertiary/aromatic N) is 4. The molecule has 2 heterocycles. The third kappa shape index (κ3) is 3.90. The molecular formula is C19H17N5O3. The molecule has 0 fully saturated rings. The second-order valence-electron chi connectivity index (χ2n) is 5.88. The van der Waals surface area contributed by atoms with Crippen LogP contribution in [0.2, 0.25) is 0 Å². The number of aryl methyl sites for hydroxylation is 1. The van der Waals surface area contributed by atoms with Crippen molar-refractivity contribution in [1.29, 1.82) is 0 Å². The first kappa shape index (κ1) is 18.0. The van der Waals surface area contributed by atoms with Crippen molar-refractivity contribution in [1.82, 2.24) is 15.0 Å². The zero-order valence-corrected chi connectivity index (χ0v) is 14.8. The third-order valence-electron chi connectivity index (χ3n) is 4.06. The van der Waals surface area contributed by atoms with E-state index in [1.165, 1.54) is 18.3 Å². The zero-order valence-electron chi connectivity index (χ0n) is 14.8. The fourth-order valence-electron chi connectivity index (χ4n) is 2.78. The fourth-order valence-corrected chi connectivity index (χ4v) is 2.78. The van der Waals surface area contributed by atoms with Crippen LogP contribution in [0.3, 0.4) is 0 Å². The van der Waals surface area contributed by atoms with E-state index in [-0.39, 0.29) is 11.6 Å². The summed E-state index contributed by atoms with van der Waals surface area (Å²) in [5.74, 6) is -0.355. The van der Waals surface area contributed by atoms with Gasteiger partial charge in [-0.1, -0.05) is 6.07 Å². The predicted octanol–water partition coefficient (Wildman–Crippen LogP) is 3.16. The van der Waals surface area contributed by atoms with E-state index in [0.29, 0.717) is 11.3 Å². The molecule has 3 rings (SSSR count). The van der Waals surface area contributed by atoms with Crippen LogP contribution < -0.4 is 5.43 Å². The summed E-state index contributed by atoms with van der Waals surface area (Å²) in [5.41, 5.74) is 6.14. The van der Waals surface area contributed by atoms with Crippen LogP contribution in [0.4, 0.5) is 5.69 Å². The van der Waals surface area contributed by atoms with Crippen LogP contribution in [0.1, 0.15) is 27.3 Å². The monoisotopic (exact) mass is 363 g/mol. The molecule has 0 aliphatic heterocycles. The van der Waals surface area contributed by atoms with E-state index in [0.717, 1.165) is 17.0 Å². The van der Waals surface area contributed by atoms with Gasteiger partial charge in [0.15, 0.2) is 0 Å². The fraction of sp³-hybridized carbons (Fsp3) is 0.105. The number of carbonyl (C=O) groups excluding carboxylic acids is 1. The van der Waals surface area contributed by atoms with Gasteiger partial charge < -0.3 is 4.57 Å². The lowest BCUT2D eigenvalue weighted by Gasteiger charge is -2.09. The molecule has 0 bridgehead atoms. The molecule has 8 heteroatoms. The van der Waals surface area contributed by atoms with Gasteiger partial charge in [-0.25, -0.2) is 5.43 Å². The number of nitro groups is 1. The van der Waals surface area contributed by atoms with Crippen molar-refractivity contribution in [2.75, 3.05) is 0 Å². The Morgan fingerprint density at radius 3 is 2.78 bits per heavy atom. The lowest BCUT2D eigenvalue weighted by Crippen LogP contribution is -2.17. The van der Waals surface area contributed by atoms with Gasteiger partial charge in [-0.05, 0) is 38.1 Å². The molecule has 0 atom stereocenters. The molecule has 0 aliphatic rings. The van der Waals surface area contributed by atoms with E-state index in [4.69, 9.17) is 0 Å². The van der Waals surface area contributed by atoms with Crippen molar-refractivity contribution in [3.63, 3.8) is 0 Å². The Kier molecular flexibility index (Phi) is 5.07. The van der Waals surface area contributed by atoms with Crippen LogP contribution in [0.25, 0.3) is 5.69 Å². The highest BCUT2D eigenvalue weighted by atomic mass is 16.6. The Morgan fingerprint density at radius 1 is 1.26 bits per heavy atom. The molecule has 27 heavy (non-hydrogen) atoms. The Hall–Kier alpha value is -3.81. The summed E-state index contributed by atoms with van der Waals surface area (Å²) in [6.07, 6.45) is 4.59. The average Bonchev–Trinajstić information content (AvgIpc) is 2.96. The van der Waals surface area contributed by atoms with Crippen LogP contribution in [-0.4, -0.2) is 26.6 Å². The maximum atomic E-state index is 12.0. The predicted molar refractivity (Wildman–Crippen MR) is 101 cm³/mol. The SMILES string of the molecule is Cc1cc(/C=N\NC(=O)c2cccnc2)c(C)n1-c1cccc([N+](=O)[O-])c1. The number of nitrogens with one attached hydrogen (secondary N) is 1. The minimum atomic E-state index is -0.423. The minimum absolute atomic E-state index is 0.0268. The molecule has 136 valence electrons. The molecular weight excluding hydrogens is 346 g/mol. The highest BCUT2D eigenvalue weighted by molar-refractivity contribution is 5.94. The summed E-state index contributed by atoms with van der Waals surface area (Å²) < 4.78 is 1.90. The molecule has 8 nitrogen and oxygen atoms in total. The van der Waals surface area contributed by atoms with E-state index in [2.05, 4.69) is 15.5 Å². The summed E-state index contributed by atoms with van der Waals surface area (Å²) in [6.45, 7) is 3.79. The number of rotatable bonds is 5. The molecule has 1 amide bonds. The number of carbonyl (C=O) groups is 1. The first-order valence-electron chi connectivity index (χ1n) is 8.14. The van der Waals surface area contributed by atoms with Crippen molar-refractivity contribution >= 4 is 17.8 Å². The number of nitro benzene ring substituents is 1. The highest BCUT2D eigenvalue weighted by Gasteiger charge is 2.13. The molecule has 0 saturated carbocycles. The van der Waals surface area contributed by atoms with Gasteiger partial charge in [-0.3, -0.25) is 19.9 Å². The molecule has 0 saturated heterocycles. The van der Waals surface area contributed by atoms with Crippen molar-refractivity contribution in [3.05, 3.63) is 87.5 Å². The Balaban J connectivity index is 1.83. The number of non-ortho nitro benzene ring substituents is 1. The van der Waals surface area contributed by atoms with Crippen LogP contribution in [0.15, 0.2) is 60.0 Å². The van der Waals surface area contributed by atoms with Gasteiger partial charge in [0.1, 0.15) is 0 Å². The van der Waals surface area contributed by atoms with Gasteiger partial charge in [0.25, 0.3) is 11.6 Å². The van der Waals surface area contributed by atoms with Gasteiger partial charge in [-0.2, -0.15) is 5.10 Å². The number of hydrogen-bond donors (Lipinski definition) is 1. The average molecular weight is 363 g/mol. The normalized spacial score (nSPS) is 10.9. The van der Waals surface area contributed by atoms with Gasteiger partial charge in [0.2, 0.25) is 0 Å². The first-order valence-corrected chi connectivity index (χ1v) is 8.14. The Labute approximate surface area is 155 Å². The van der Waals surface area contributed by atoms with Crippen molar-refractivity contribution < 1.29 is 9.72 Å². The topological polar surface area (TPSA) is 102 Å². The minimum Gasteiger partial charge on any atom is -0.318 e. The van der Waals surface area contributed by atoms with Gasteiger partial charge in [-0.15, -0.1) is 0 Å². The van der Waals surface area contributed by atoms with E-state index in [9.17, 15) is 14.9 Å². The van der Waals surface area contributed by atoms with Crippen molar-refractivity contribution in [3.8, 4) is 5.69 Å². The first-order chi connectivity index (χ1) is 13.0. The molecule has 1 aromatic carbocycles. The summed E-state index contributed by atoms with van der Waals surface area (Å²) in [6, 6.07) is 11.6. The molecule has 3 aromatic rings. The van der Waals surface area contributed by atoms with Crippen molar-refractivity contribution in [2.45, 2.75) is 13.8 Å². The molecule has 0 spiro atoms. The number of hydrazone groups is 1. The van der Waals surface area contributed by atoms with E-state index >= 15 is 0 Å². The third-order valence-corrected chi connectivity index (χ3v) is 4.06. The smallest absolute Gasteiger partial charge is 0.272 e. The molecule has 1 N–H and O–H groups in total.